The average molecular weight is 249 g/mol. The van der Waals surface area contributed by atoms with Gasteiger partial charge in [0.25, 0.3) is 0 Å². The fourth-order valence-corrected chi connectivity index (χ4v) is 2.13. The van der Waals surface area contributed by atoms with Gasteiger partial charge in [-0.25, -0.2) is 4.98 Å². The first-order chi connectivity index (χ1) is 8.42. The zero-order chi connectivity index (χ0) is 13.3. The number of hydrogen-bond acceptors (Lipinski definition) is 4. The Kier molecular flexibility index (Phi) is 3.24. The number of piperidine rings is 1. The molecule has 1 aromatic heterocycles. The molecule has 0 amide bonds. The Bertz CT molecular complexity index is 465. The van der Waals surface area contributed by atoms with Crippen molar-refractivity contribution in [2.75, 3.05) is 18.0 Å². The Morgan fingerprint density at radius 2 is 1.94 bits per heavy atom. The summed E-state index contributed by atoms with van der Waals surface area (Å²) in [5.41, 5.74) is 1.27. The summed E-state index contributed by atoms with van der Waals surface area (Å²) in [5.74, 6) is 0.152. The Morgan fingerprint density at radius 3 is 2.44 bits per heavy atom. The number of anilines is 1. The predicted octanol–water partition coefficient (Wildman–Crippen LogP) is 1.78. The molecule has 1 aromatic rings. The van der Waals surface area contributed by atoms with Gasteiger partial charge in [-0.3, -0.25) is 9.78 Å². The van der Waals surface area contributed by atoms with Crippen molar-refractivity contribution < 1.29 is 9.90 Å². The lowest BCUT2D eigenvalue weighted by Gasteiger charge is -2.37. The molecule has 0 saturated carbocycles. The number of carboxylic acids is 1. The second-order valence-corrected chi connectivity index (χ2v) is 5.25. The third-order valence-electron chi connectivity index (χ3n) is 3.89. The molecule has 2 rings (SSSR count). The first kappa shape index (κ1) is 12.8. The minimum Gasteiger partial charge on any atom is -0.481 e. The Labute approximate surface area is 107 Å². The average Bonchev–Trinajstić information content (AvgIpc) is 2.34. The van der Waals surface area contributed by atoms with Crippen molar-refractivity contribution in [3.63, 3.8) is 0 Å². The third kappa shape index (κ3) is 2.30. The van der Waals surface area contributed by atoms with Crippen LogP contribution in [0.4, 0.5) is 5.82 Å². The van der Waals surface area contributed by atoms with E-state index in [1.54, 1.807) is 6.20 Å². The highest BCUT2D eigenvalue weighted by Crippen LogP contribution is 2.32. The fourth-order valence-electron chi connectivity index (χ4n) is 2.13. The van der Waals surface area contributed by atoms with Crippen LogP contribution in [0.15, 0.2) is 6.20 Å². The maximum atomic E-state index is 11.2. The van der Waals surface area contributed by atoms with Gasteiger partial charge in [0.1, 0.15) is 5.82 Å². The van der Waals surface area contributed by atoms with E-state index in [0.717, 1.165) is 30.3 Å². The Balaban J connectivity index is 2.10. The highest BCUT2D eigenvalue weighted by atomic mass is 16.4. The van der Waals surface area contributed by atoms with E-state index in [-0.39, 0.29) is 0 Å². The zero-order valence-electron chi connectivity index (χ0n) is 11.1. The van der Waals surface area contributed by atoms with Crippen LogP contribution < -0.4 is 4.90 Å². The normalized spacial score (nSPS) is 18.7. The van der Waals surface area contributed by atoms with Gasteiger partial charge in [-0.15, -0.1) is 0 Å². The van der Waals surface area contributed by atoms with Crippen molar-refractivity contribution in [2.45, 2.75) is 33.6 Å². The molecule has 1 fully saturated rings. The van der Waals surface area contributed by atoms with Gasteiger partial charge >= 0.3 is 5.97 Å². The molecule has 0 bridgehead atoms. The maximum absolute atomic E-state index is 11.2. The smallest absolute Gasteiger partial charge is 0.309 e. The van der Waals surface area contributed by atoms with Crippen LogP contribution >= 0.6 is 0 Å². The maximum Gasteiger partial charge on any atom is 0.309 e. The van der Waals surface area contributed by atoms with E-state index in [1.807, 2.05) is 20.8 Å². The van der Waals surface area contributed by atoms with Crippen molar-refractivity contribution in [1.29, 1.82) is 0 Å². The predicted molar refractivity (Wildman–Crippen MR) is 68.7 cm³/mol. The van der Waals surface area contributed by atoms with Gasteiger partial charge in [-0.1, -0.05) is 0 Å². The Hall–Kier alpha value is -1.65. The largest absolute Gasteiger partial charge is 0.481 e. The van der Waals surface area contributed by atoms with Crippen molar-refractivity contribution in [3.05, 3.63) is 17.6 Å². The zero-order valence-corrected chi connectivity index (χ0v) is 11.1. The molecular weight excluding hydrogens is 230 g/mol. The van der Waals surface area contributed by atoms with E-state index in [0.29, 0.717) is 12.8 Å². The molecule has 0 atom stereocenters. The molecular formula is C13H19N3O2. The van der Waals surface area contributed by atoms with E-state index in [2.05, 4.69) is 14.9 Å². The number of carbonyl (C=O) groups is 1. The van der Waals surface area contributed by atoms with Gasteiger partial charge in [0, 0.05) is 13.1 Å². The number of nitrogens with zero attached hydrogens (tertiary/aromatic N) is 3. The van der Waals surface area contributed by atoms with Gasteiger partial charge in [-0.2, -0.15) is 0 Å². The molecule has 2 heterocycles. The summed E-state index contributed by atoms with van der Waals surface area (Å²) < 4.78 is 0. The molecule has 0 unspecified atom stereocenters. The van der Waals surface area contributed by atoms with Gasteiger partial charge in [0.2, 0.25) is 0 Å². The molecule has 0 radical (unpaired) electrons. The van der Waals surface area contributed by atoms with Crippen LogP contribution in [0, 0.1) is 19.3 Å². The standard InChI is InChI=1S/C13H19N3O2/c1-9-10(2)15-11(8-14-9)16-6-4-13(3,5-7-16)12(17)18/h8H,4-7H2,1-3H3,(H,17,18). The van der Waals surface area contributed by atoms with Crippen molar-refractivity contribution in [1.82, 2.24) is 9.97 Å². The third-order valence-corrected chi connectivity index (χ3v) is 3.89. The highest BCUT2D eigenvalue weighted by Gasteiger charge is 2.37. The minimum atomic E-state index is -0.701. The van der Waals surface area contributed by atoms with Gasteiger partial charge in [-0.05, 0) is 33.6 Å². The number of rotatable bonds is 2. The van der Waals surface area contributed by atoms with Crippen LogP contribution in [0.5, 0.6) is 0 Å². The summed E-state index contributed by atoms with van der Waals surface area (Å²) in [6.45, 7) is 7.14. The van der Waals surface area contributed by atoms with Gasteiger partial charge < -0.3 is 10.0 Å². The van der Waals surface area contributed by atoms with Crippen LogP contribution in [0.25, 0.3) is 0 Å². The van der Waals surface area contributed by atoms with Crippen LogP contribution in [-0.4, -0.2) is 34.1 Å². The topological polar surface area (TPSA) is 66.3 Å². The molecule has 1 aliphatic heterocycles. The van der Waals surface area contributed by atoms with Crippen molar-refractivity contribution in [3.8, 4) is 0 Å². The monoisotopic (exact) mass is 249 g/mol. The van der Waals surface area contributed by atoms with Crippen LogP contribution in [-0.2, 0) is 4.79 Å². The van der Waals surface area contributed by atoms with Gasteiger partial charge in [0.15, 0.2) is 0 Å². The van der Waals surface area contributed by atoms with Crippen LogP contribution in [0.2, 0.25) is 0 Å². The number of aromatic nitrogens is 2. The second kappa shape index (κ2) is 4.55. The number of aryl methyl sites for hydroxylation is 2. The SMILES string of the molecule is Cc1ncc(N2CCC(C)(C(=O)O)CC2)nc1C. The number of hydrogen-bond donors (Lipinski definition) is 1. The Morgan fingerprint density at radius 1 is 1.33 bits per heavy atom. The molecule has 0 aliphatic carbocycles. The molecule has 5 nitrogen and oxygen atoms in total. The summed E-state index contributed by atoms with van der Waals surface area (Å²) in [4.78, 5) is 22.1. The lowest BCUT2D eigenvalue weighted by Crippen LogP contribution is -2.43. The van der Waals surface area contributed by atoms with E-state index < -0.39 is 11.4 Å². The molecule has 0 spiro atoms. The second-order valence-electron chi connectivity index (χ2n) is 5.25. The summed E-state index contributed by atoms with van der Waals surface area (Å²) >= 11 is 0. The van der Waals surface area contributed by atoms with E-state index in [1.165, 1.54) is 0 Å². The molecule has 18 heavy (non-hydrogen) atoms. The molecule has 1 N–H and O–H groups in total. The van der Waals surface area contributed by atoms with E-state index >= 15 is 0 Å². The van der Waals surface area contributed by atoms with Gasteiger partial charge in [0.05, 0.1) is 23.0 Å². The quantitative estimate of drug-likeness (QED) is 0.865. The van der Waals surface area contributed by atoms with Crippen LogP contribution in [0.3, 0.4) is 0 Å². The highest BCUT2D eigenvalue weighted by molar-refractivity contribution is 5.74. The molecule has 98 valence electrons. The first-order valence-electron chi connectivity index (χ1n) is 6.21. The number of carboxylic acid groups (broad SMARTS) is 1. The molecule has 1 aliphatic rings. The van der Waals surface area contributed by atoms with E-state index in [9.17, 15) is 9.90 Å². The number of aliphatic carboxylic acids is 1. The lowest BCUT2D eigenvalue weighted by molar-refractivity contribution is -0.149. The van der Waals surface area contributed by atoms with Crippen LogP contribution in [0.1, 0.15) is 31.2 Å². The fraction of sp³-hybridized carbons (Fsp3) is 0.615. The molecule has 0 aromatic carbocycles. The van der Waals surface area contributed by atoms with E-state index in [4.69, 9.17) is 0 Å². The summed E-state index contributed by atoms with van der Waals surface area (Å²) in [5, 5.41) is 9.19. The molecule has 1 saturated heterocycles. The summed E-state index contributed by atoms with van der Waals surface area (Å²) in [6, 6.07) is 0. The summed E-state index contributed by atoms with van der Waals surface area (Å²) in [6.07, 6.45) is 3.07. The molecule has 5 heteroatoms. The van der Waals surface area contributed by atoms with Crippen molar-refractivity contribution in [2.24, 2.45) is 5.41 Å². The minimum absolute atomic E-state index is 0.594. The lowest BCUT2D eigenvalue weighted by atomic mass is 9.80. The first-order valence-corrected chi connectivity index (χ1v) is 6.21. The summed E-state index contributed by atoms with van der Waals surface area (Å²) in [7, 11) is 0. The van der Waals surface area contributed by atoms with Crippen molar-refractivity contribution >= 4 is 11.8 Å².